The minimum Gasteiger partial charge on any atom is -0.381 e. The van der Waals surface area contributed by atoms with Gasteiger partial charge < -0.3 is 20.1 Å². The molecule has 2 saturated heterocycles. The number of morpholine rings is 1. The van der Waals surface area contributed by atoms with E-state index in [-0.39, 0.29) is 12.1 Å². The van der Waals surface area contributed by atoms with Crippen LogP contribution in [0, 0.1) is 5.92 Å². The van der Waals surface area contributed by atoms with E-state index in [0.717, 1.165) is 51.5 Å². The summed E-state index contributed by atoms with van der Waals surface area (Å²) in [5.74, 6) is 0.469. The molecule has 0 saturated carbocycles. The molecule has 0 aromatic carbocycles. The summed E-state index contributed by atoms with van der Waals surface area (Å²) in [5.41, 5.74) is 1.04. The number of hydrogen-bond acceptors (Lipinski definition) is 5. The summed E-state index contributed by atoms with van der Waals surface area (Å²) < 4.78 is 11.0. The lowest BCUT2D eigenvalue weighted by Crippen LogP contribution is -2.53. The molecule has 0 bridgehead atoms. The lowest BCUT2D eigenvalue weighted by atomic mass is 9.97. The average molecular weight is 348 g/mol. The second kappa shape index (κ2) is 9.12. The predicted octanol–water partition coefficient (Wildman–Crippen LogP) is 1.18. The highest BCUT2D eigenvalue weighted by Gasteiger charge is 2.31. The van der Waals surface area contributed by atoms with Crippen LogP contribution in [0.3, 0.4) is 0 Å². The van der Waals surface area contributed by atoms with Gasteiger partial charge in [0, 0.05) is 50.6 Å². The number of ether oxygens (including phenoxy) is 2. The van der Waals surface area contributed by atoms with Crippen molar-refractivity contribution in [3.05, 3.63) is 30.1 Å². The molecule has 0 aliphatic carbocycles. The van der Waals surface area contributed by atoms with Crippen LogP contribution < -0.4 is 10.6 Å². The van der Waals surface area contributed by atoms with Crippen LogP contribution in [0.1, 0.15) is 24.9 Å². The Bertz CT molecular complexity index is 530. The SMILES string of the molecule is C[C@H](NC(=O)NC[C@@H]([C@H]1CCOC1)N1CCOCC1)c1ccncc1. The molecule has 7 heteroatoms. The van der Waals surface area contributed by atoms with Crippen LogP contribution in [0.15, 0.2) is 24.5 Å². The molecule has 3 heterocycles. The van der Waals surface area contributed by atoms with Gasteiger partial charge in [0.1, 0.15) is 0 Å². The smallest absolute Gasteiger partial charge is 0.315 e. The number of amides is 2. The van der Waals surface area contributed by atoms with Crippen LogP contribution in [0.4, 0.5) is 4.79 Å². The third-order valence-electron chi connectivity index (χ3n) is 5.05. The number of nitrogens with zero attached hydrogens (tertiary/aromatic N) is 2. The van der Waals surface area contributed by atoms with Gasteiger partial charge in [-0.15, -0.1) is 0 Å². The van der Waals surface area contributed by atoms with Gasteiger partial charge in [0.25, 0.3) is 0 Å². The quantitative estimate of drug-likeness (QED) is 0.807. The van der Waals surface area contributed by atoms with Gasteiger partial charge in [-0.3, -0.25) is 9.88 Å². The molecule has 2 aliphatic rings. The average Bonchev–Trinajstić information content (AvgIpc) is 3.18. The van der Waals surface area contributed by atoms with Crippen molar-refractivity contribution in [2.75, 3.05) is 46.1 Å². The minimum absolute atomic E-state index is 0.0559. The molecule has 25 heavy (non-hydrogen) atoms. The number of urea groups is 1. The first-order valence-corrected chi connectivity index (χ1v) is 9.08. The van der Waals surface area contributed by atoms with Crippen molar-refractivity contribution in [2.24, 2.45) is 5.92 Å². The molecule has 2 amide bonds. The van der Waals surface area contributed by atoms with E-state index >= 15 is 0 Å². The van der Waals surface area contributed by atoms with E-state index in [9.17, 15) is 4.79 Å². The van der Waals surface area contributed by atoms with Gasteiger partial charge in [-0.2, -0.15) is 0 Å². The summed E-state index contributed by atoms with van der Waals surface area (Å²) in [6.07, 6.45) is 4.53. The van der Waals surface area contributed by atoms with Crippen LogP contribution in [-0.4, -0.2) is 68.0 Å². The van der Waals surface area contributed by atoms with Crippen molar-refractivity contribution < 1.29 is 14.3 Å². The molecule has 2 N–H and O–H groups in total. The minimum atomic E-state index is -0.138. The first kappa shape index (κ1) is 18.1. The summed E-state index contributed by atoms with van der Waals surface area (Å²) in [5, 5.41) is 6.05. The fourth-order valence-electron chi connectivity index (χ4n) is 3.54. The number of nitrogens with one attached hydrogen (secondary N) is 2. The standard InChI is InChI=1S/C18H28N4O3/c1-14(15-2-5-19-6-3-15)21-18(23)20-12-17(16-4-9-25-13-16)22-7-10-24-11-8-22/h2-3,5-6,14,16-17H,4,7-13H2,1H3,(H2,20,21,23)/t14-,16-,17-/m0/s1. The Balaban J connectivity index is 1.52. The zero-order chi connectivity index (χ0) is 17.5. The Hall–Kier alpha value is -1.70. The molecular formula is C18H28N4O3. The van der Waals surface area contributed by atoms with Gasteiger partial charge in [0.05, 0.1) is 25.9 Å². The normalized spacial score (nSPS) is 23.8. The third kappa shape index (κ3) is 5.14. The van der Waals surface area contributed by atoms with Crippen LogP contribution in [-0.2, 0) is 9.47 Å². The van der Waals surface area contributed by atoms with E-state index in [2.05, 4.69) is 20.5 Å². The van der Waals surface area contributed by atoms with E-state index in [4.69, 9.17) is 9.47 Å². The maximum absolute atomic E-state index is 12.3. The highest BCUT2D eigenvalue weighted by atomic mass is 16.5. The summed E-state index contributed by atoms with van der Waals surface area (Å²) in [6.45, 7) is 7.54. The molecular weight excluding hydrogens is 320 g/mol. The van der Waals surface area contributed by atoms with Crippen LogP contribution in [0.2, 0.25) is 0 Å². The van der Waals surface area contributed by atoms with Crippen molar-refractivity contribution in [1.29, 1.82) is 0 Å². The van der Waals surface area contributed by atoms with Crippen molar-refractivity contribution in [2.45, 2.75) is 25.4 Å². The molecule has 0 unspecified atom stereocenters. The lowest BCUT2D eigenvalue weighted by Gasteiger charge is -2.37. The van der Waals surface area contributed by atoms with Crippen molar-refractivity contribution in [3.8, 4) is 0 Å². The topological polar surface area (TPSA) is 75.7 Å². The van der Waals surface area contributed by atoms with E-state index in [0.29, 0.717) is 18.5 Å². The number of pyridine rings is 1. The fraction of sp³-hybridized carbons (Fsp3) is 0.667. The van der Waals surface area contributed by atoms with Crippen LogP contribution >= 0.6 is 0 Å². The van der Waals surface area contributed by atoms with Crippen LogP contribution in [0.5, 0.6) is 0 Å². The summed E-state index contributed by atoms with van der Waals surface area (Å²) in [7, 11) is 0. The second-order valence-corrected chi connectivity index (χ2v) is 6.70. The maximum Gasteiger partial charge on any atom is 0.315 e. The Morgan fingerprint density at radius 3 is 2.72 bits per heavy atom. The number of rotatable bonds is 6. The van der Waals surface area contributed by atoms with E-state index < -0.39 is 0 Å². The molecule has 2 fully saturated rings. The Labute approximate surface area is 149 Å². The summed E-state index contributed by atoms with van der Waals surface area (Å²) >= 11 is 0. The van der Waals surface area contributed by atoms with Crippen molar-refractivity contribution >= 4 is 6.03 Å². The van der Waals surface area contributed by atoms with Gasteiger partial charge in [0.15, 0.2) is 0 Å². The van der Waals surface area contributed by atoms with Gasteiger partial charge >= 0.3 is 6.03 Å². The van der Waals surface area contributed by atoms with Gasteiger partial charge in [-0.25, -0.2) is 4.79 Å². The van der Waals surface area contributed by atoms with Gasteiger partial charge in [-0.1, -0.05) is 0 Å². The first-order chi connectivity index (χ1) is 12.2. The molecule has 3 rings (SSSR count). The Kier molecular flexibility index (Phi) is 6.61. The largest absolute Gasteiger partial charge is 0.381 e. The molecule has 1 aromatic rings. The zero-order valence-corrected chi connectivity index (χ0v) is 14.8. The van der Waals surface area contributed by atoms with Crippen molar-refractivity contribution in [3.63, 3.8) is 0 Å². The first-order valence-electron chi connectivity index (χ1n) is 9.08. The lowest BCUT2D eigenvalue weighted by molar-refractivity contribution is 0.00211. The molecule has 1 aromatic heterocycles. The summed E-state index contributed by atoms with van der Waals surface area (Å²) in [4.78, 5) is 18.7. The molecule has 2 aliphatic heterocycles. The zero-order valence-electron chi connectivity index (χ0n) is 14.8. The molecule has 0 radical (unpaired) electrons. The monoisotopic (exact) mass is 348 g/mol. The van der Waals surface area contributed by atoms with Crippen molar-refractivity contribution in [1.82, 2.24) is 20.5 Å². The van der Waals surface area contributed by atoms with E-state index in [1.807, 2.05) is 19.1 Å². The number of carbonyl (C=O) groups is 1. The van der Waals surface area contributed by atoms with Gasteiger partial charge in [0.2, 0.25) is 0 Å². The van der Waals surface area contributed by atoms with Gasteiger partial charge in [-0.05, 0) is 31.0 Å². The number of hydrogen-bond donors (Lipinski definition) is 2. The molecule has 138 valence electrons. The van der Waals surface area contributed by atoms with E-state index in [1.54, 1.807) is 12.4 Å². The Morgan fingerprint density at radius 2 is 2.04 bits per heavy atom. The molecule has 3 atom stereocenters. The molecule has 7 nitrogen and oxygen atoms in total. The second-order valence-electron chi connectivity index (χ2n) is 6.70. The third-order valence-corrected chi connectivity index (χ3v) is 5.05. The summed E-state index contributed by atoms with van der Waals surface area (Å²) in [6, 6.07) is 3.93. The number of carbonyl (C=O) groups excluding carboxylic acids is 1. The predicted molar refractivity (Wildman–Crippen MR) is 94.3 cm³/mol. The highest BCUT2D eigenvalue weighted by Crippen LogP contribution is 2.22. The fourth-order valence-corrected chi connectivity index (χ4v) is 3.54. The highest BCUT2D eigenvalue weighted by molar-refractivity contribution is 5.74. The number of aromatic nitrogens is 1. The van der Waals surface area contributed by atoms with E-state index in [1.165, 1.54) is 0 Å². The maximum atomic E-state index is 12.3. The Morgan fingerprint density at radius 1 is 1.28 bits per heavy atom. The molecule has 0 spiro atoms. The van der Waals surface area contributed by atoms with Crippen LogP contribution in [0.25, 0.3) is 0 Å².